The molecule has 3 N–H and O–H groups in total. The summed E-state index contributed by atoms with van der Waals surface area (Å²) in [6.45, 7) is 6.13. The summed E-state index contributed by atoms with van der Waals surface area (Å²) in [4.78, 5) is 8.58. The molecule has 0 aliphatic heterocycles. The van der Waals surface area contributed by atoms with Crippen LogP contribution in [0.3, 0.4) is 0 Å². The van der Waals surface area contributed by atoms with Gasteiger partial charge in [0, 0.05) is 37.8 Å². The smallest absolute Gasteiger partial charge is 0.188 e. The van der Waals surface area contributed by atoms with E-state index in [1.165, 1.54) is 0 Å². The van der Waals surface area contributed by atoms with Gasteiger partial charge < -0.3 is 15.8 Å². The molecule has 128 valence electrons. The van der Waals surface area contributed by atoms with Crippen molar-refractivity contribution in [1.82, 2.24) is 10.3 Å². The van der Waals surface area contributed by atoms with E-state index in [1.54, 1.807) is 6.20 Å². The van der Waals surface area contributed by atoms with Gasteiger partial charge in [0.15, 0.2) is 5.96 Å². The fourth-order valence-corrected chi connectivity index (χ4v) is 2.39. The molecule has 0 unspecified atom stereocenters. The molecule has 5 heteroatoms. The van der Waals surface area contributed by atoms with Gasteiger partial charge in [0.1, 0.15) is 5.75 Å². The third-order valence-corrected chi connectivity index (χ3v) is 3.65. The maximum absolute atomic E-state index is 5.86. The fraction of sp³-hybridized carbons (Fsp3) is 0.368. The Morgan fingerprint density at radius 2 is 1.96 bits per heavy atom. The minimum Gasteiger partial charge on any atom is -0.493 e. The number of para-hydroxylation sites is 1. The SMILES string of the molecule is Cc1cccc(C)c1OCCCN=C(N)NCCc1ccccn1. The molecule has 0 atom stereocenters. The highest BCUT2D eigenvalue weighted by Gasteiger charge is 2.02. The Balaban J connectivity index is 1.63. The Bertz CT molecular complexity index is 635. The van der Waals surface area contributed by atoms with Gasteiger partial charge in [0.05, 0.1) is 6.61 Å². The molecule has 0 saturated heterocycles. The van der Waals surface area contributed by atoms with Crippen molar-refractivity contribution in [3.05, 3.63) is 59.4 Å². The first kappa shape index (κ1) is 17.8. The van der Waals surface area contributed by atoms with Crippen molar-refractivity contribution in [2.45, 2.75) is 26.7 Å². The number of aryl methyl sites for hydroxylation is 2. The lowest BCUT2D eigenvalue weighted by Crippen LogP contribution is -2.33. The van der Waals surface area contributed by atoms with Crippen molar-refractivity contribution < 1.29 is 4.74 Å². The van der Waals surface area contributed by atoms with Crippen LogP contribution in [0.2, 0.25) is 0 Å². The standard InChI is InChI=1S/C19H26N4O/c1-15-7-5-8-16(2)18(15)24-14-6-12-22-19(20)23-13-10-17-9-3-4-11-21-17/h3-5,7-9,11H,6,10,12-14H2,1-2H3,(H3,20,22,23). The van der Waals surface area contributed by atoms with Crippen molar-refractivity contribution in [2.24, 2.45) is 10.7 Å². The first-order valence-corrected chi connectivity index (χ1v) is 8.29. The van der Waals surface area contributed by atoms with Gasteiger partial charge in [-0.25, -0.2) is 0 Å². The molecule has 0 amide bonds. The molecule has 0 saturated carbocycles. The van der Waals surface area contributed by atoms with Gasteiger partial charge in [-0.1, -0.05) is 24.3 Å². The lowest BCUT2D eigenvalue weighted by Gasteiger charge is -2.11. The van der Waals surface area contributed by atoms with Gasteiger partial charge in [-0.3, -0.25) is 9.98 Å². The third kappa shape index (κ3) is 5.91. The second-order valence-corrected chi connectivity index (χ2v) is 5.69. The maximum atomic E-state index is 5.86. The topological polar surface area (TPSA) is 72.5 Å². The summed E-state index contributed by atoms with van der Waals surface area (Å²) >= 11 is 0. The predicted octanol–water partition coefficient (Wildman–Crippen LogP) is 2.61. The van der Waals surface area contributed by atoms with Gasteiger partial charge in [0.25, 0.3) is 0 Å². The van der Waals surface area contributed by atoms with Crippen LogP contribution in [0.25, 0.3) is 0 Å². The molecule has 2 aromatic rings. The monoisotopic (exact) mass is 326 g/mol. The molecule has 0 fully saturated rings. The number of guanidine groups is 1. The highest BCUT2D eigenvalue weighted by atomic mass is 16.5. The first-order valence-electron chi connectivity index (χ1n) is 8.29. The lowest BCUT2D eigenvalue weighted by molar-refractivity contribution is 0.309. The summed E-state index contributed by atoms with van der Waals surface area (Å²) in [5.74, 6) is 1.45. The summed E-state index contributed by atoms with van der Waals surface area (Å²) in [5, 5.41) is 3.10. The van der Waals surface area contributed by atoms with Gasteiger partial charge in [-0.15, -0.1) is 0 Å². The normalized spacial score (nSPS) is 11.3. The molecule has 0 aliphatic rings. The molecule has 5 nitrogen and oxygen atoms in total. The molecule has 0 aliphatic carbocycles. The summed E-state index contributed by atoms with van der Waals surface area (Å²) in [5.41, 5.74) is 9.22. The number of benzene rings is 1. The van der Waals surface area contributed by atoms with Crippen molar-refractivity contribution in [3.63, 3.8) is 0 Å². The van der Waals surface area contributed by atoms with Gasteiger partial charge >= 0.3 is 0 Å². The van der Waals surface area contributed by atoms with Crippen LogP contribution < -0.4 is 15.8 Å². The number of nitrogens with zero attached hydrogens (tertiary/aromatic N) is 2. The average Bonchev–Trinajstić information content (AvgIpc) is 2.58. The van der Waals surface area contributed by atoms with Gasteiger partial charge in [-0.05, 0) is 37.1 Å². The van der Waals surface area contributed by atoms with Gasteiger partial charge in [-0.2, -0.15) is 0 Å². The molecular formula is C19H26N4O. The van der Waals surface area contributed by atoms with Crippen LogP contribution in [0, 0.1) is 13.8 Å². The van der Waals surface area contributed by atoms with Crippen LogP contribution in [-0.4, -0.2) is 30.6 Å². The summed E-state index contributed by atoms with van der Waals surface area (Å²) in [6, 6.07) is 12.1. The van der Waals surface area contributed by atoms with Crippen LogP contribution >= 0.6 is 0 Å². The number of ether oxygens (including phenoxy) is 1. The van der Waals surface area contributed by atoms with E-state index in [1.807, 2.05) is 24.3 Å². The Hall–Kier alpha value is -2.56. The number of aromatic nitrogens is 1. The molecule has 0 spiro atoms. The Labute approximate surface area is 144 Å². The Morgan fingerprint density at radius 1 is 1.17 bits per heavy atom. The van der Waals surface area contributed by atoms with E-state index in [2.05, 4.69) is 41.3 Å². The quantitative estimate of drug-likeness (QED) is 0.444. The zero-order valence-corrected chi connectivity index (χ0v) is 14.5. The minimum atomic E-state index is 0.470. The fourth-order valence-electron chi connectivity index (χ4n) is 2.39. The molecule has 1 aromatic carbocycles. The molecule has 2 rings (SSSR count). The summed E-state index contributed by atoms with van der Waals surface area (Å²) < 4.78 is 5.85. The van der Waals surface area contributed by atoms with E-state index in [9.17, 15) is 0 Å². The molecule has 1 heterocycles. The maximum Gasteiger partial charge on any atom is 0.188 e. The number of nitrogens with one attached hydrogen (secondary N) is 1. The number of aliphatic imine (C=N–C) groups is 1. The van der Waals surface area contributed by atoms with Crippen LogP contribution in [0.5, 0.6) is 5.75 Å². The van der Waals surface area contributed by atoms with Crippen LogP contribution in [0.15, 0.2) is 47.6 Å². The highest BCUT2D eigenvalue weighted by molar-refractivity contribution is 5.77. The van der Waals surface area contributed by atoms with Crippen LogP contribution in [0.4, 0.5) is 0 Å². The summed E-state index contributed by atoms with van der Waals surface area (Å²) in [6.07, 6.45) is 3.45. The minimum absolute atomic E-state index is 0.470. The largest absolute Gasteiger partial charge is 0.493 e. The van der Waals surface area contributed by atoms with E-state index in [0.717, 1.165) is 42.0 Å². The average molecular weight is 326 g/mol. The third-order valence-electron chi connectivity index (χ3n) is 3.65. The Morgan fingerprint density at radius 3 is 2.67 bits per heavy atom. The zero-order chi connectivity index (χ0) is 17.2. The van der Waals surface area contributed by atoms with E-state index in [-0.39, 0.29) is 0 Å². The van der Waals surface area contributed by atoms with Crippen molar-refractivity contribution in [3.8, 4) is 5.75 Å². The van der Waals surface area contributed by atoms with E-state index in [0.29, 0.717) is 19.1 Å². The number of nitrogens with two attached hydrogens (primary N) is 1. The van der Waals surface area contributed by atoms with E-state index >= 15 is 0 Å². The molecule has 24 heavy (non-hydrogen) atoms. The summed E-state index contributed by atoms with van der Waals surface area (Å²) in [7, 11) is 0. The van der Waals surface area contributed by atoms with E-state index < -0.39 is 0 Å². The van der Waals surface area contributed by atoms with Crippen LogP contribution in [-0.2, 0) is 6.42 Å². The van der Waals surface area contributed by atoms with Crippen LogP contribution in [0.1, 0.15) is 23.2 Å². The zero-order valence-electron chi connectivity index (χ0n) is 14.5. The Kier molecular flexibility index (Phi) is 7.08. The number of rotatable bonds is 8. The van der Waals surface area contributed by atoms with Crippen molar-refractivity contribution in [1.29, 1.82) is 0 Å². The predicted molar refractivity (Wildman–Crippen MR) is 98.5 cm³/mol. The molecule has 1 aromatic heterocycles. The van der Waals surface area contributed by atoms with E-state index in [4.69, 9.17) is 10.5 Å². The molecular weight excluding hydrogens is 300 g/mol. The van der Waals surface area contributed by atoms with Crippen molar-refractivity contribution >= 4 is 5.96 Å². The van der Waals surface area contributed by atoms with Crippen molar-refractivity contribution in [2.75, 3.05) is 19.7 Å². The number of hydrogen-bond donors (Lipinski definition) is 2. The second-order valence-electron chi connectivity index (χ2n) is 5.69. The first-order chi connectivity index (χ1) is 11.7. The highest BCUT2D eigenvalue weighted by Crippen LogP contribution is 2.22. The lowest BCUT2D eigenvalue weighted by atomic mass is 10.1. The number of pyridine rings is 1. The molecule has 0 radical (unpaired) electrons. The van der Waals surface area contributed by atoms with Gasteiger partial charge in [0.2, 0.25) is 0 Å². The number of hydrogen-bond acceptors (Lipinski definition) is 3. The molecule has 0 bridgehead atoms. The second kappa shape index (κ2) is 9.55.